The number of ether oxygens (including phenoxy) is 2. The molecule has 0 radical (unpaired) electrons. The van der Waals surface area contributed by atoms with Crippen LogP contribution >= 0.6 is 0 Å². The van der Waals surface area contributed by atoms with E-state index in [1.54, 1.807) is 12.1 Å². The van der Waals surface area contributed by atoms with Gasteiger partial charge in [0.15, 0.2) is 0 Å². The highest BCUT2D eigenvalue weighted by Crippen LogP contribution is 2.21. The van der Waals surface area contributed by atoms with Crippen LogP contribution in [-0.2, 0) is 4.74 Å². The van der Waals surface area contributed by atoms with Gasteiger partial charge in [0.25, 0.3) is 0 Å². The molecule has 0 atom stereocenters. The molecule has 0 amide bonds. The highest BCUT2D eigenvalue weighted by molar-refractivity contribution is 5.65. The van der Waals surface area contributed by atoms with Crippen molar-refractivity contribution in [1.82, 2.24) is 4.90 Å². The van der Waals surface area contributed by atoms with Crippen LogP contribution in [0.25, 0.3) is 0 Å². The summed E-state index contributed by atoms with van der Waals surface area (Å²) in [7, 11) is 0. The molecule has 1 fully saturated rings. The Bertz CT molecular complexity index is 365. The number of hydrogen-bond donors (Lipinski definition) is 2. The third-order valence-electron chi connectivity index (χ3n) is 2.84. The molecule has 1 aromatic carbocycles. The van der Waals surface area contributed by atoms with Crippen LogP contribution in [0.15, 0.2) is 18.2 Å². The van der Waals surface area contributed by atoms with Crippen LogP contribution in [-0.4, -0.2) is 44.4 Å². The predicted molar refractivity (Wildman–Crippen MR) is 68.0 cm³/mol. The van der Waals surface area contributed by atoms with Crippen LogP contribution in [0.5, 0.6) is 5.75 Å². The van der Waals surface area contributed by atoms with Gasteiger partial charge < -0.3 is 20.9 Å². The monoisotopic (exact) mass is 237 g/mol. The lowest BCUT2D eigenvalue weighted by atomic mass is 10.2. The molecule has 2 rings (SSSR count). The molecule has 0 aliphatic carbocycles. The molecule has 5 heteroatoms. The molecule has 17 heavy (non-hydrogen) atoms. The van der Waals surface area contributed by atoms with Crippen molar-refractivity contribution in [2.75, 3.05) is 50.9 Å². The third-order valence-corrected chi connectivity index (χ3v) is 2.84. The molecule has 1 aliphatic rings. The Balaban J connectivity index is 1.75. The summed E-state index contributed by atoms with van der Waals surface area (Å²) in [5.41, 5.74) is 12.5. The molecular weight excluding hydrogens is 218 g/mol. The van der Waals surface area contributed by atoms with E-state index < -0.39 is 0 Å². The van der Waals surface area contributed by atoms with Gasteiger partial charge in [0.2, 0.25) is 0 Å². The lowest BCUT2D eigenvalue weighted by Crippen LogP contribution is -2.38. The number of rotatable bonds is 4. The van der Waals surface area contributed by atoms with Crippen molar-refractivity contribution in [3.8, 4) is 5.75 Å². The maximum Gasteiger partial charge on any atom is 0.121 e. The zero-order valence-electron chi connectivity index (χ0n) is 9.89. The topological polar surface area (TPSA) is 73.7 Å². The number of anilines is 2. The number of morpholine rings is 1. The highest BCUT2D eigenvalue weighted by Gasteiger charge is 2.09. The Labute approximate surface area is 101 Å². The molecule has 1 aliphatic heterocycles. The highest BCUT2D eigenvalue weighted by atomic mass is 16.5. The van der Waals surface area contributed by atoms with E-state index in [0.29, 0.717) is 18.0 Å². The fraction of sp³-hybridized carbons (Fsp3) is 0.500. The smallest absolute Gasteiger partial charge is 0.121 e. The maximum atomic E-state index is 5.70. The molecule has 5 nitrogen and oxygen atoms in total. The second-order valence-corrected chi connectivity index (χ2v) is 4.09. The third kappa shape index (κ3) is 3.51. The average Bonchev–Trinajstić information content (AvgIpc) is 2.35. The Kier molecular flexibility index (Phi) is 4.06. The van der Waals surface area contributed by atoms with E-state index in [4.69, 9.17) is 20.9 Å². The van der Waals surface area contributed by atoms with E-state index in [2.05, 4.69) is 4.90 Å². The quantitative estimate of drug-likeness (QED) is 0.749. The van der Waals surface area contributed by atoms with Gasteiger partial charge in [-0.2, -0.15) is 0 Å². The van der Waals surface area contributed by atoms with Crippen LogP contribution in [0.4, 0.5) is 11.4 Å². The molecule has 1 heterocycles. The van der Waals surface area contributed by atoms with Gasteiger partial charge in [-0.25, -0.2) is 0 Å². The fourth-order valence-corrected chi connectivity index (χ4v) is 1.76. The predicted octanol–water partition coefficient (Wildman–Crippen LogP) is 0.562. The largest absolute Gasteiger partial charge is 0.492 e. The van der Waals surface area contributed by atoms with Gasteiger partial charge in [-0.15, -0.1) is 0 Å². The second-order valence-electron chi connectivity index (χ2n) is 4.09. The number of nitrogens with zero attached hydrogens (tertiary/aromatic N) is 1. The van der Waals surface area contributed by atoms with Crippen LogP contribution < -0.4 is 16.2 Å². The zero-order chi connectivity index (χ0) is 12.1. The van der Waals surface area contributed by atoms with E-state index in [9.17, 15) is 0 Å². The van der Waals surface area contributed by atoms with Gasteiger partial charge in [0.1, 0.15) is 12.4 Å². The molecule has 0 aromatic heterocycles. The lowest BCUT2D eigenvalue weighted by molar-refractivity contribution is 0.0322. The minimum absolute atomic E-state index is 0.564. The van der Waals surface area contributed by atoms with Gasteiger partial charge in [-0.3, -0.25) is 4.90 Å². The summed E-state index contributed by atoms with van der Waals surface area (Å²) in [6, 6.07) is 5.36. The van der Waals surface area contributed by atoms with Crippen LogP contribution in [0, 0.1) is 0 Å². The molecule has 0 bridgehead atoms. The van der Waals surface area contributed by atoms with Crippen LogP contribution in [0.2, 0.25) is 0 Å². The van der Waals surface area contributed by atoms with Gasteiger partial charge >= 0.3 is 0 Å². The number of hydrogen-bond acceptors (Lipinski definition) is 5. The first kappa shape index (κ1) is 12.0. The normalized spacial score (nSPS) is 16.9. The Morgan fingerprint density at radius 1 is 1.18 bits per heavy atom. The average molecular weight is 237 g/mol. The van der Waals surface area contributed by atoms with Gasteiger partial charge in [0.05, 0.1) is 24.6 Å². The second kappa shape index (κ2) is 5.75. The van der Waals surface area contributed by atoms with Crippen molar-refractivity contribution in [1.29, 1.82) is 0 Å². The number of nitrogens with two attached hydrogens (primary N) is 2. The summed E-state index contributed by atoms with van der Waals surface area (Å²) in [6.45, 7) is 5.15. The van der Waals surface area contributed by atoms with Crippen molar-refractivity contribution in [2.24, 2.45) is 0 Å². The molecule has 94 valence electrons. The fourth-order valence-electron chi connectivity index (χ4n) is 1.76. The summed E-state index contributed by atoms with van der Waals surface area (Å²) >= 11 is 0. The lowest BCUT2D eigenvalue weighted by Gasteiger charge is -2.26. The van der Waals surface area contributed by atoms with E-state index in [1.807, 2.05) is 6.07 Å². The van der Waals surface area contributed by atoms with Gasteiger partial charge in [-0.1, -0.05) is 0 Å². The molecular formula is C12H19N3O2. The summed E-state index contributed by atoms with van der Waals surface area (Å²) in [5.74, 6) is 0.768. The first-order valence-corrected chi connectivity index (χ1v) is 5.83. The van der Waals surface area contributed by atoms with Crippen molar-refractivity contribution < 1.29 is 9.47 Å². The summed E-state index contributed by atoms with van der Waals surface area (Å²) in [6.07, 6.45) is 0. The Hall–Kier alpha value is -1.46. The van der Waals surface area contributed by atoms with Crippen molar-refractivity contribution in [3.05, 3.63) is 18.2 Å². The summed E-state index contributed by atoms with van der Waals surface area (Å²) in [4.78, 5) is 2.32. The molecule has 1 saturated heterocycles. The van der Waals surface area contributed by atoms with E-state index in [1.165, 1.54) is 0 Å². The Morgan fingerprint density at radius 2 is 1.94 bits per heavy atom. The van der Waals surface area contributed by atoms with Gasteiger partial charge in [-0.05, 0) is 12.1 Å². The molecule has 0 unspecified atom stereocenters. The SMILES string of the molecule is Nc1ccc(OCCN2CCOCC2)cc1N. The summed E-state index contributed by atoms with van der Waals surface area (Å²) < 4.78 is 10.9. The van der Waals surface area contributed by atoms with E-state index in [0.717, 1.165) is 38.6 Å². The zero-order valence-corrected chi connectivity index (χ0v) is 9.89. The van der Waals surface area contributed by atoms with E-state index in [-0.39, 0.29) is 0 Å². The minimum Gasteiger partial charge on any atom is -0.492 e. The van der Waals surface area contributed by atoms with Crippen molar-refractivity contribution >= 4 is 11.4 Å². The van der Waals surface area contributed by atoms with Gasteiger partial charge in [0, 0.05) is 25.7 Å². The number of benzene rings is 1. The molecule has 1 aromatic rings. The maximum absolute atomic E-state index is 5.70. The van der Waals surface area contributed by atoms with Crippen LogP contribution in [0.1, 0.15) is 0 Å². The Morgan fingerprint density at radius 3 is 2.65 bits per heavy atom. The molecule has 0 saturated carbocycles. The first-order valence-electron chi connectivity index (χ1n) is 5.83. The van der Waals surface area contributed by atoms with E-state index >= 15 is 0 Å². The molecule has 0 spiro atoms. The number of nitrogen functional groups attached to an aromatic ring is 2. The minimum atomic E-state index is 0.564. The summed E-state index contributed by atoms with van der Waals surface area (Å²) in [5, 5.41) is 0. The standard InChI is InChI=1S/C12H19N3O2/c13-11-2-1-10(9-12(11)14)17-8-5-15-3-6-16-7-4-15/h1-2,9H,3-8,13-14H2. The van der Waals surface area contributed by atoms with Crippen molar-refractivity contribution in [2.45, 2.75) is 0 Å². The van der Waals surface area contributed by atoms with Crippen molar-refractivity contribution in [3.63, 3.8) is 0 Å². The molecule has 4 N–H and O–H groups in total. The first-order chi connectivity index (χ1) is 8.25. The van der Waals surface area contributed by atoms with Crippen LogP contribution in [0.3, 0.4) is 0 Å².